The summed E-state index contributed by atoms with van der Waals surface area (Å²) in [6, 6.07) is 0. The van der Waals surface area contributed by atoms with E-state index in [9.17, 15) is 4.79 Å². The molecule has 0 aliphatic rings. The fourth-order valence-corrected chi connectivity index (χ4v) is 2.10. The van der Waals surface area contributed by atoms with E-state index in [-0.39, 0.29) is 17.0 Å². The van der Waals surface area contributed by atoms with Crippen LogP contribution in [0.2, 0.25) is 0 Å². The van der Waals surface area contributed by atoms with Gasteiger partial charge in [0.05, 0.1) is 0 Å². The van der Waals surface area contributed by atoms with Gasteiger partial charge in [-0.15, -0.1) is 0 Å². The van der Waals surface area contributed by atoms with Crippen molar-refractivity contribution in [3.05, 3.63) is 0 Å². The van der Waals surface area contributed by atoms with Gasteiger partial charge in [-0.1, -0.05) is 13.8 Å². The highest BCUT2D eigenvalue weighted by molar-refractivity contribution is 5.69. The fraction of sp³-hybridized carbons (Fsp3) is 0.944. The van der Waals surface area contributed by atoms with Crippen molar-refractivity contribution in [2.45, 2.75) is 73.0 Å². The zero-order chi connectivity index (χ0) is 18.3. The van der Waals surface area contributed by atoms with Gasteiger partial charge in [0.1, 0.15) is 5.60 Å². The lowest BCUT2D eigenvalue weighted by Gasteiger charge is -2.37. The Morgan fingerprint density at radius 3 is 2.04 bits per heavy atom. The van der Waals surface area contributed by atoms with Crippen molar-refractivity contribution in [1.82, 2.24) is 10.2 Å². The molecule has 138 valence electrons. The summed E-state index contributed by atoms with van der Waals surface area (Å²) in [5.74, 6) is 0. The van der Waals surface area contributed by atoms with E-state index in [4.69, 9.17) is 9.47 Å². The first-order valence-corrected chi connectivity index (χ1v) is 8.49. The molecule has 1 amide bonds. The van der Waals surface area contributed by atoms with Gasteiger partial charge in [0.25, 0.3) is 0 Å². The van der Waals surface area contributed by atoms with E-state index >= 15 is 0 Å². The molecule has 0 aromatic rings. The second kappa shape index (κ2) is 8.88. The average Bonchev–Trinajstić information content (AvgIpc) is 2.32. The van der Waals surface area contributed by atoms with E-state index in [1.54, 1.807) is 12.0 Å². The minimum Gasteiger partial charge on any atom is -0.444 e. The van der Waals surface area contributed by atoms with Gasteiger partial charge in [0.2, 0.25) is 0 Å². The Balaban J connectivity index is 4.46. The second-order valence-electron chi connectivity index (χ2n) is 8.89. The van der Waals surface area contributed by atoms with Crippen LogP contribution in [0.15, 0.2) is 0 Å². The first kappa shape index (κ1) is 22.2. The summed E-state index contributed by atoms with van der Waals surface area (Å²) in [6.07, 6.45) is 0.747. The van der Waals surface area contributed by atoms with Crippen LogP contribution >= 0.6 is 0 Å². The van der Waals surface area contributed by atoms with Crippen molar-refractivity contribution in [1.29, 1.82) is 0 Å². The van der Waals surface area contributed by atoms with Crippen LogP contribution in [0.3, 0.4) is 0 Å². The smallest absolute Gasteiger partial charge is 0.410 e. The maximum atomic E-state index is 12.4. The molecule has 0 aromatic heterocycles. The third-order valence-electron chi connectivity index (χ3n) is 3.52. The van der Waals surface area contributed by atoms with E-state index in [0.29, 0.717) is 6.54 Å². The molecule has 0 fully saturated rings. The monoisotopic (exact) mass is 330 g/mol. The SMILES string of the molecule is COCCC(C)(C)CNCCN(C(=O)OC(C)(C)C)C(C)(C)C. The molecule has 1 N–H and O–H groups in total. The molecule has 0 saturated carbocycles. The van der Waals surface area contributed by atoms with E-state index < -0.39 is 5.60 Å². The molecule has 0 saturated heterocycles. The van der Waals surface area contributed by atoms with Crippen LogP contribution in [0, 0.1) is 5.41 Å². The number of nitrogens with one attached hydrogen (secondary N) is 1. The summed E-state index contributed by atoms with van der Waals surface area (Å²) in [7, 11) is 1.73. The molecule has 23 heavy (non-hydrogen) atoms. The third-order valence-corrected chi connectivity index (χ3v) is 3.52. The molecule has 0 radical (unpaired) electrons. The molecule has 5 nitrogen and oxygen atoms in total. The van der Waals surface area contributed by atoms with Crippen LogP contribution in [-0.2, 0) is 9.47 Å². The number of rotatable bonds is 8. The molecule has 0 bridgehead atoms. The second-order valence-corrected chi connectivity index (χ2v) is 8.89. The van der Waals surface area contributed by atoms with E-state index in [2.05, 4.69) is 19.2 Å². The van der Waals surface area contributed by atoms with Crippen LogP contribution < -0.4 is 5.32 Å². The lowest BCUT2D eigenvalue weighted by Crippen LogP contribution is -2.50. The minimum atomic E-state index is -0.476. The number of carbonyl (C=O) groups excluding carboxylic acids is 1. The largest absolute Gasteiger partial charge is 0.444 e. The number of nitrogens with zero attached hydrogens (tertiary/aromatic N) is 1. The lowest BCUT2D eigenvalue weighted by atomic mass is 9.90. The molecule has 0 atom stereocenters. The van der Waals surface area contributed by atoms with Crippen molar-refractivity contribution in [2.75, 3.05) is 33.4 Å². The van der Waals surface area contributed by atoms with Crippen molar-refractivity contribution in [3.63, 3.8) is 0 Å². The minimum absolute atomic E-state index is 0.175. The highest BCUT2D eigenvalue weighted by Gasteiger charge is 2.30. The van der Waals surface area contributed by atoms with Crippen LogP contribution in [0.4, 0.5) is 4.79 Å². The van der Waals surface area contributed by atoms with Gasteiger partial charge < -0.3 is 19.7 Å². The number of carbonyl (C=O) groups is 1. The van der Waals surface area contributed by atoms with E-state index in [0.717, 1.165) is 26.1 Å². The number of hydrogen-bond donors (Lipinski definition) is 1. The van der Waals surface area contributed by atoms with Gasteiger partial charge in [0, 0.05) is 38.9 Å². The Labute approximate surface area is 143 Å². The zero-order valence-electron chi connectivity index (χ0n) is 16.7. The van der Waals surface area contributed by atoms with Crippen LogP contribution in [-0.4, -0.2) is 55.5 Å². The molecule has 0 rings (SSSR count). The lowest BCUT2D eigenvalue weighted by molar-refractivity contribution is 0.00651. The standard InChI is InChI=1S/C18H38N2O3/c1-16(2,3)20(15(21)23-17(4,5)6)12-11-19-14-18(7,8)10-13-22-9/h19H,10-14H2,1-9H3. The molecule has 0 spiro atoms. The third kappa shape index (κ3) is 10.6. The predicted octanol–water partition coefficient (Wildman–Crippen LogP) is 3.67. The van der Waals surface area contributed by atoms with Gasteiger partial charge >= 0.3 is 6.09 Å². The topological polar surface area (TPSA) is 50.8 Å². The fourth-order valence-electron chi connectivity index (χ4n) is 2.10. The Bertz CT molecular complexity index is 354. The average molecular weight is 331 g/mol. The van der Waals surface area contributed by atoms with Crippen molar-refractivity contribution >= 4 is 6.09 Å². The molecule has 0 aromatic carbocycles. The summed E-state index contributed by atoms with van der Waals surface area (Å²) >= 11 is 0. The summed E-state index contributed by atoms with van der Waals surface area (Å²) in [5, 5.41) is 3.45. The highest BCUT2D eigenvalue weighted by Crippen LogP contribution is 2.20. The molecule has 0 aliphatic carbocycles. The first-order chi connectivity index (χ1) is 10.3. The molecule has 0 heterocycles. The summed E-state index contributed by atoms with van der Waals surface area (Å²) in [5.41, 5.74) is -0.569. The van der Waals surface area contributed by atoms with Crippen molar-refractivity contribution < 1.29 is 14.3 Å². The van der Waals surface area contributed by atoms with Crippen LogP contribution in [0.5, 0.6) is 0 Å². The van der Waals surface area contributed by atoms with Crippen LogP contribution in [0.1, 0.15) is 61.8 Å². The number of amides is 1. The van der Waals surface area contributed by atoms with Crippen LogP contribution in [0.25, 0.3) is 0 Å². The normalized spacial score (nSPS) is 13.1. The predicted molar refractivity (Wildman–Crippen MR) is 95.8 cm³/mol. The van der Waals surface area contributed by atoms with Crippen molar-refractivity contribution in [3.8, 4) is 0 Å². The first-order valence-electron chi connectivity index (χ1n) is 8.49. The maximum Gasteiger partial charge on any atom is 0.410 e. The van der Waals surface area contributed by atoms with Gasteiger partial charge in [0.15, 0.2) is 0 Å². The summed E-state index contributed by atoms with van der Waals surface area (Å²) in [6.45, 7) is 19.2. The number of hydrogen-bond acceptors (Lipinski definition) is 4. The van der Waals surface area contributed by atoms with Gasteiger partial charge in [-0.25, -0.2) is 4.79 Å². The van der Waals surface area contributed by atoms with Crippen molar-refractivity contribution in [2.24, 2.45) is 5.41 Å². The highest BCUT2D eigenvalue weighted by atomic mass is 16.6. The maximum absolute atomic E-state index is 12.4. The quantitative estimate of drug-likeness (QED) is 0.690. The molecule has 5 heteroatoms. The molecule has 0 aliphatic heterocycles. The Kier molecular flexibility index (Phi) is 8.57. The van der Waals surface area contributed by atoms with E-state index in [1.165, 1.54) is 0 Å². The molecule has 0 unspecified atom stereocenters. The van der Waals surface area contributed by atoms with Gasteiger partial charge in [-0.05, 0) is 53.4 Å². The molecular weight excluding hydrogens is 292 g/mol. The van der Waals surface area contributed by atoms with Gasteiger partial charge in [-0.2, -0.15) is 0 Å². The summed E-state index contributed by atoms with van der Waals surface area (Å²) < 4.78 is 10.7. The number of methoxy groups -OCH3 is 1. The van der Waals surface area contributed by atoms with E-state index in [1.807, 2.05) is 41.5 Å². The zero-order valence-corrected chi connectivity index (χ0v) is 16.7. The number of ether oxygens (including phenoxy) is 2. The molecular formula is C18H38N2O3. The Hall–Kier alpha value is -0.810. The Morgan fingerprint density at radius 1 is 1.04 bits per heavy atom. The van der Waals surface area contributed by atoms with Gasteiger partial charge in [-0.3, -0.25) is 0 Å². The Morgan fingerprint density at radius 2 is 1.61 bits per heavy atom. The summed E-state index contributed by atoms with van der Waals surface area (Å²) in [4.78, 5) is 14.2.